The van der Waals surface area contributed by atoms with Crippen molar-refractivity contribution in [2.45, 2.75) is 57.8 Å². The minimum Gasteiger partial charge on any atom is -0.310 e. The second kappa shape index (κ2) is 22.1. The summed E-state index contributed by atoms with van der Waals surface area (Å²) in [5.41, 5.74) is 27.0. The zero-order valence-electron chi connectivity index (χ0n) is 56.6. The summed E-state index contributed by atoms with van der Waals surface area (Å²) in [6.45, 7) is 14.4. The Morgan fingerprint density at radius 3 is 0.798 bits per heavy atom. The van der Waals surface area contributed by atoms with Crippen LogP contribution < -0.4 is 9.80 Å². The lowest BCUT2D eigenvalue weighted by atomic mass is 9.81. The van der Waals surface area contributed by atoms with Gasteiger partial charge in [0.2, 0.25) is 0 Å². The molecular weight excluding hydrogens is 1190 g/mol. The predicted molar refractivity (Wildman–Crippen MR) is 424 cm³/mol. The van der Waals surface area contributed by atoms with E-state index in [0.29, 0.717) is 0 Å². The predicted octanol–water partition coefficient (Wildman–Crippen LogP) is 26.8. The van der Waals surface area contributed by atoms with E-state index in [1.807, 2.05) is 0 Å². The van der Waals surface area contributed by atoms with E-state index in [1.165, 1.54) is 165 Å². The molecule has 99 heavy (non-hydrogen) atoms. The van der Waals surface area contributed by atoms with E-state index >= 15 is 0 Å². The maximum Gasteiger partial charge on any atom is 0.0546 e. The molecule has 2 heteroatoms. The fourth-order valence-corrected chi connectivity index (χ4v) is 17.3. The van der Waals surface area contributed by atoms with Crippen molar-refractivity contribution in [3.8, 4) is 33.4 Å². The summed E-state index contributed by atoms with van der Waals surface area (Å²) in [7, 11) is 0. The number of nitrogens with zero attached hydrogens (tertiary/aromatic N) is 2. The second-order valence-electron chi connectivity index (χ2n) is 29.3. The quantitative estimate of drug-likeness (QED) is 0.0995. The molecular formula is C97H72N2. The molecule has 0 spiro atoms. The Morgan fingerprint density at radius 2 is 0.455 bits per heavy atom. The van der Waals surface area contributed by atoms with Gasteiger partial charge in [-0.1, -0.05) is 309 Å². The molecule has 0 amide bonds. The summed E-state index contributed by atoms with van der Waals surface area (Å²) < 4.78 is 0. The third kappa shape index (κ3) is 9.30. The van der Waals surface area contributed by atoms with Crippen LogP contribution in [-0.2, 0) is 16.2 Å². The van der Waals surface area contributed by atoms with E-state index in [0.717, 1.165) is 22.7 Å². The largest absolute Gasteiger partial charge is 0.310 e. The molecule has 0 aliphatic heterocycles. The van der Waals surface area contributed by atoms with Gasteiger partial charge in [0.1, 0.15) is 0 Å². The molecule has 470 valence electrons. The SMILES string of the molecule is CC1(C)c2cc(/C=C/c3ccc4c(c3)C(C)(C)c3cc(N(c5ccc6ccccc6c5)c5cc6ccccc6c6ccccc56)ccc3-4)ccc2-c2ccc(/C=C/c3ccc4c(c3)C(C)(C)c3cc(N(c5ccc6ccccc6c5)c5cc6ccccc6c6ccccc56)ccc3-4)cc21. The van der Waals surface area contributed by atoms with Gasteiger partial charge in [0.25, 0.3) is 0 Å². The first-order chi connectivity index (χ1) is 48.3. The number of anilines is 6. The molecule has 0 atom stereocenters. The minimum absolute atomic E-state index is 0.181. The van der Waals surface area contributed by atoms with Crippen molar-refractivity contribution in [1.82, 2.24) is 0 Å². The Bertz CT molecular complexity index is 5790. The lowest BCUT2D eigenvalue weighted by molar-refractivity contribution is 0.660. The van der Waals surface area contributed by atoms with E-state index in [9.17, 15) is 0 Å². The van der Waals surface area contributed by atoms with Gasteiger partial charge < -0.3 is 9.80 Å². The van der Waals surface area contributed by atoms with Gasteiger partial charge >= 0.3 is 0 Å². The Kier molecular flexibility index (Phi) is 13.1. The van der Waals surface area contributed by atoms with Gasteiger partial charge in [-0.25, -0.2) is 0 Å². The minimum atomic E-state index is -0.238. The summed E-state index contributed by atoms with van der Waals surface area (Å²) in [6.07, 6.45) is 9.23. The fourth-order valence-electron chi connectivity index (χ4n) is 17.3. The molecule has 0 bridgehead atoms. The van der Waals surface area contributed by atoms with Crippen LogP contribution in [0, 0.1) is 0 Å². The Morgan fingerprint density at radius 1 is 0.202 bits per heavy atom. The number of rotatable bonds is 10. The second-order valence-corrected chi connectivity index (χ2v) is 29.3. The van der Waals surface area contributed by atoms with Crippen molar-refractivity contribution < 1.29 is 0 Å². The van der Waals surface area contributed by atoms with Gasteiger partial charge in [0, 0.05) is 49.8 Å². The van der Waals surface area contributed by atoms with Gasteiger partial charge in [-0.2, -0.15) is 0 Å². The molecule has 0 radical (unpaired) electrons. The van der Waals surface area contributed by atoms with Crippen molar-refractivity contribution in [2.75, 3.05) is 9.80 Å². The molecule has 0 fully saturated rings. The summed E-state index contributed by atoms with van der Waals surface area (Å²) in [5.74, 6) is 0. The van der Waals surface area contributed by atoms with Crippen molar-refractivity contribution in [3.05, 3.63) is 359 Å². The third-order valence-electron chi connectivity index (χ3n) is 22.5. The average molecular weight is 1270 g/mol. The number of hydrogen-bond acceptors (Lipinski definition) is 2. The lowest BCUT2D eigenvalue weighted by Crippen LogP contribution is -2.17. The van der Waals surface area contributed by atoms with Crippen LogP contribution in [0.1, 0.15) is 97.2 Å². The van der Waals surface area contributed by atoms with Crippen LogP contribution in [0.5, 0.6) is 0 Å². The molecule has 16 aromatic rings. The van der Waals surface area contributed by atoms with Gasteiger partial charge in [0.15, 0.2) is 0 Å². The smallest absolute Gasteiger partial charge is 0.0546 e. The lowest BCUT2D eigenvalue weighted by Gasteiger charge is -2.30. The van der Waals surface area contributed by atoms with Gasteiger partial charge in [-0.15, -0.1) is 0 Å². The Labute approximate surface area is 579 Å². The highest BCUT2D eigenvalue weighted by atomic mass is 15.2. The van der Waals surface area contributed by atoms with Crippen molar-refractivity contribution >= 4 is 123 Å². The molecule has 3 aliphatic carbocycles. The van der Waals surface area contributed by atoms with Gasteiger partial charge in [-0.3, -0.25) is 0 Å². The molecule has 16 aromatic carbocycles. The van der Waals surface area contributed by atoms with Crippen LogP contribution in [0.25, 0.3) is 122 Å². The van der Waals surface area contributed by atoms with Crippen LogP contribution in [0.3, 0.4) is 0 Å². The summed E-state index contributed by atoms with van der Waals surface area (Å²) in [4.78, 5) is 4.97. The summed E-state index contributed by atoms with van der Waals surface area (Å²) in [5, 5.41) is 14.9. The maximum atomic E-state index is 2.49. The van der Waals surface area contributed by atoms with Crippen LogP contribution in [0.4, 0.5) is 34.1 Å². The van der Waals surface area contributed by atoms with E-state index in [-0.39, 0.29) is 16.2 Å². The first kappa shape index (κ1) is 58.5. The topological polar surface area (TPSA) is 6.48 Å². The summed E-state index contributed by atoms with van der Waals surface area (Å²) >= 11 is 0. The molecule has 0 heterocycles. The van der Waals surface area contributed by atoms with Crippen molar-refractivity contribution in [2.24, 2.45) is 0 Å². The molecule has 0 unspecified atom stereocenters. The van der Waals surface area contributed by atoms with Crippen LogP contribution in [0.2, 0.25) is 0 Å². The molecule has 3 aliphatic rings. The number of fused-ring (bicyclic) bond motifs is 17. The normalized spacial score (nSPS) is 14.3. The first-order valence-corrected chi connectivity index (χ1v) is 34.9. The van der Waals surface area contributed by atoms with E-state index in [2.05, 4.69) is 379 Å². The monoisotopic (exact) mass is 1260 g/mol. The number of benzene rings is 16. The van der Waals surface area contributed by atoms with E-state index in [4.69, 9.17) is 0 Å². The number of hydrogen-bond donors (Lipinski definition) is 0. The summed E-state index contributed by atoms with van der Waals surface area (Å²) in [6, 6.07) is 114. The highest BCUT2D eigenvalue weighted by Crippen LogP contribution is 2.55. The average Bonchev–Trinajstić information content (AvgIpc) is 1.65. The molecule has 19 rings (SSSR count). The van der Waals surface area contributed by atoms with Crippen LogP contribution >= 0.6 is 0 Å². The maximum absolute atomic E-state index is 2.49. The zero-order valence-corrected chi connectivity index (χ0v) is 56.6. The third-order valence-corrected chi connectivity index (χ3v) is 22.5. The van der Waals surface area contributed by atoms with E-state index < -0.39 is 0 Å². The molecule has 0 saturated heterocycles. The van der Waals surface area contributed by atoms with E-state index in [1.54, 1.807) is 0 Å². The fraction of sp³-hybridized carbons (Fsp3) is 0.0928. The van der Waals surface area contributed by atoms with Crippen molar-refractivity contribution in [3.63, 3.8) is 0 Å². The van der Waals surface area contributed by atoms with Crippen LogP contribution in [0.15, 0.2) is 303 Å². The molecule has 0 saturated carbocycles. The van der Waals surface area contributed by atoms with Gasteiger partial charge in [0.05, 0.1) is 11.4 Å². The first-order valence-electron chi connectivity index (χ1n) is 34.9. The highest BCUT2D eigenvalue weighted by molar-refractivity contribution is 6.16. The Balaban J connectivity index is 0.589. The molecule has 0 N–H and O–H groups in total. The molecule has 2 nitrogen and oxygen atoms in total. The van der Waals surface area contributed by atoms with Gasteiger partial charge in [-0.05, 0) is 204 Å². The highest BCUT2D eigenvalue weighted by Gasteiger charge is 2.39. The molecule has 0 aromatic heterocycles. The Hall–Kier alpha value is -11.8. The standard InChI is InChI=1S/C97H72N2/c1-95(2)87-51-61(31-33-63-37-47-81-83-49-43-73(59-91(83)96(3,4)89(81)53-63)98(71-41-39-65-19-7-9-21-67(65)55-71)93-57-69-23-11-13-25-75(69)77-27-15-17-29-85(77)93)35-45-79(87)80-46-36-62(52-88(80)95)32-34-64-38-48-82-84-50-44-74(60-92(84)97(5,6)90(82)54-64)99(72-42-40-66-20-8-10-22-68(66)56-72)94-58-70-24-12-14-26-76(70)78-28-16-18-30-86(78)94/h7-60H,1-6H3/b33-31+,34-32+. The van der Waals surface area contributed by atoms with Crippen molar-refractivity contribution in [1.29, 1.82) is 0 Å². The zero-order chi connectivity index (χ0) is 66.5. The van der Waals surface area contributed by atoms with Crippen LogP contribution in [-0.4, -0.2) is 0 Å².